The Kier molecular flexibility index (Phi) is 5.53. The van der Waals surface area contributed by atoms with Gasteiger partial charge < -0.3 is 15.4 Å². The zero-order chi connectivity index (χ0) is 17.9. The van der Waals surface area contributed by atoms with Crippen LogP contribution in [0.15, 0.2) is 6.33 Å². The summed E-state index contributed by atoms with van der Waals surface area (Å²) in [6, 6.07) is 0. The van der Waals surface area contributed by atoms with Crippen molar-refractivity contribution in [3.05, 3.63) is 16.4 Å². The summed E-state index contributed by atoms with van der Waals surface area (Å²) in [5.41, 5.74) is -0.146. The lowest BCUT2D eigenvalue weighted by Gasteiger charge is -2.45. The number of aromatic nitrogens is 3. The van der Waals surface area contributed by atoms with Crippen molar-refractivity contribution in [2.75, 3.05) is 19.6 Å². The molecule has 0 aliphatic carbocycles. The van der Waals surface area contributed by atoms with Crippen molar-refractivity contribution in [2.45, 2.75) is 46.2 Å². The summed E-state index contributed by atoms with van der Waals surface area (Å²) >= 11 is 0. The van der Waals surface area contributed by atoms with E-state index in [1.165, 1.54) is 17.4 Å². The number of nitrogens with zero attached hydrogens (tertiary/aromatic N) is 5. The van der Waals surface area contributed by atoms with Crippen LogP contribution in [0.1, 0.15) is 34.1 Å². The molecule has 1 saturated heterocycles. The van der Waals surface area contributed by atoms with Crippen molar-refractivity contribution < 1.29 is 9.72 Å². The van der Waals surface area contributed by atoms with Crippen LogP contribution in [0.25, 0.3) is 0 Å². The Morgan fingerprint density at radius 2 is 2.04 bits per heavy atom. The van der Waals surface area contributed by atoms with E-state index in [0.717, 1.165) is 13.1 Å². The van der Waals surface area contributed by atoms with E-state index in [4.69, 9.17) is 0 Å². The highest BCUT2D eigenvalue weighted by atomic mass is 16.6. The van der Waals surface area contributed by atoms with Gasteiger partial charge in [-0.1, -0.05) is 18.8 Å². The van der Waals surface area contributed by atoms with Gasteiger partial charge in [-0.15, -0.1) is 0 Å². The molecular formula is C15H26N6O3. The van der Waals surface area contributed by atoms with Crippen LogP contribution < -0.4 is 5.32 Å². The minimum Gasteiger partial charge on any atom is -0.390 e. The summed E-state index contributed by atoms with van der Waals surface area (Å²) in [4.78, 5) is 27.9. The molecule has 1 amide bonds. The molecule has 1 aromatic rings. The molecule has 1 fully saturated rings. The van der Waals surface area contributed by atoms with E-state index < -0.39 is 10.9 Å². The van der Waals surface area contributed by atoms with Gasteiger partial charge in [0.2, 0.25) is 12.2 Å². The molecule has 24 heavy (non-hydrogen) atoms. The van der Waals surface area contributed by atoms with Gasteiger partial charge in [-0.05, 0) is 37.0 Å². The van der Waals surface area contributed by atoms with Gasteiger partial charge >= 0.3 is 5.95 Å². The van der Waals surface area contributed by atoms with Crippen LogP contribution in [0.3, 0.4) is 0 Å². The quantitative estimate of drug-likeness (QED) is 0.614. The summed E-state index contributed by atoms with van der Waals surface area (Å²) in [6.45, 7) is 11.3. The zero-order valence-electron chi connectivity index (χ0n) is 14.7. The first-order valence-electron chi connectivity index (χ1n) is 8.23. The average Bonchev–Trinajstić information content (AvgIpc) is 2.93. The monoisotopic (exact) mass is 338 g/mol. The van der Waals surface area contributed by atoms with Gasteiger partial charge in [0.25, 0.3) is 0 Å². The number of carbonyl (C=O) groups is 1. The van der Waals surface area contributed by atoms with Gasteiger partial charge in [-0.3, -0.25) is 9.69 Å². The van der Waals surface area contributed by atoms with Gasteiger partial charge in [-0.2, -0.15) is 4.68 Å². The molecule has 0 spiro atoms. The van der Waals surface area contributed by atoms with Crippen molar-refractivity contribution in [1.82, 2.24) is 25.0 Å². The summed E-state index contributed by atoms with van der Waals surface area (Å²) in [5.74, 6) is 0.569. The molecule has 2 unspecified atom stereocenters. The summed E-state index contributed by atoms with van der Waals surface area (Å²) < 4.78 is 1.17. The second kappa shape index (κ2) is 7.25. The molecule has 2 atom stereocenters. The van der Waals surface area contributed by atoms with Gasteiger partial charge in [0.05, 0.1) is 0 Å². The number of rotatable bonds is 6. The number of carbonyl (C=O) groups excluding carboxylic acids is 1. The predicted octanol–water partition coefficient (Wildman–Crippen LogP) is 1.06. The Morgan fingerprint density at radius 1 is 1.42 bits per heavy atom. The topological polar surface area (TPSA) is 106 Å². The van der Waals surface area contributed by atoms with Crippen molar-refractivity contribution in [3.8, 4) is 0 Å². The number of hydrogen-bond donors (Lipinski definition) is 1. The molecule has 1 aromatic heterocycles. The molecular weight excluding hydrogens is 312 g/mol. The molecule has 9 nitrogen and oxygen atoms in total. The van der Waals surface area contributed by atoms with Gasteiger partial charge in [0.1, 0.15) is 6.54 Å². The fourth-order valence-corrected chi connectivity index (χ4v) is 3.23. The SMILES string of the molecule is CC1CC(C)CN(C(C)(C)CNC(=O)Cn2cnc([N+](=O)[O-])n2)C1. The van der Waals surface area contributed by atoms with Gasteiger partial charge in [0, 0.05) is 30.3 Å². The van der Waals surface area contributed by atoms with Crippen molar-refractivity contribution >= 4 is 11.9 Å². The smallest absolute Gasteiger partial charge is 0.390 e. The first kappa shape index (κ1) is 18.3. The fourth-order valence-electron chi connectivity index (χ4n) is 3.23. The van der Waals surface area contributed by atoms with Gasteiger partial charge in [-0.25, -0.2) is 0 Å². The van der Waals surface area contributed by atoms with E-state index in [2.05, 4.69) is 48.0 Å². The zero-order valence-corrected chi connectivity index (χ0v) is 14.7. The number of nitrogens with one attached hydrogen (secondary N) is 1. The highest BCUT2D eigenvalue weighted by Gasteiger charge is 2.33. The van der Waals surface area contributed by atoms with Crippen LogP contribution in [0.4, 0.5) is 5.95 Å². The van der Waals surface area contributed by atoms with Crippen LogP contribution in [0.5, 0.6) is 0 Å². The number of nitro groups is 1. The van der Waals surface area contributed by atoms with Crippen LogP contribution >= 0.6 is 0 Å². The number of hydrogen-bond acceptors (Lipinski definition) is 6. The number of piperidine rings is 1. The van der Waals surface area contributed by atoms with Crippen LogP contribution in [-0.4, -0.2) is 55.7 Å². The highest BCUT2D eigenvalue weighted by molar-refractivity contribution is 5.75. The first-order valence-corrected chi connectivity index (χ1v) is 8.23. The Bertz CT molecular complexity index is 590. The Hall–Kier alpha value is -2.03. The highest BCUT2D eigenvalue weighted by Crippen LogP contribution is 2.26. The maximum absolute atomic E-state index is 12.1. The number of likely N-dealkylation sites (tertiary alicyclic amines) is 1. The summed E-state index contributed by atoms with van der Waals surface area (Å²) in [7, 11) is 0. The van der Waals surface area contributed by atoms with E-state index in [1.54, 1.807) is 0 Å². The minimum absolute atomic E-state index is 0.0796. The predicted molar refractivity (Wildman–Crippen MR) is 88.3 cm³/mol. The van der Waals surface area contributed by atoms with Crippen LogP contribution in [0, 0.1) is 22.0 Å². The lowest BCUT2D eigenvalue weighted by atomic mass is 9.88. The van der Waals surface area contributed by atoms with E-state index in [9.17, 15) is 14.9 Å². The van der Waals surface area contributed by atoms with Crippen molar-refractivity contribution in [3.63, 3.8) is 0 Å². The fraction of sp³-hybridized carbons (Fsp3) is 0.800. The summed E-state index contributed by atoms with van der Waals surface area (Å²) in [6.07, 6.45) is 2.43. The molecule has 134 valence electrons. The normalized spacial score (nSPS) is 22.3. The molecule has 1 aliphatic heterocycles. The largest absolute Gasteiger partial charge is 0.490 e. The molecule has 0 aromatic carbocycles. The lowest BCUT2D eigenvalue weighted by Crippen LogP contribution is -2.56. The first-order chi connectivity index (χ1) is 11.2. The minimum atomic E-state index is -0.684. The third-order valence-electron chi connectivity index (χ3n) is 4.44. The summed E-state index contributed by atoms with van der Waals surface area (Å²) in [5, 5.41) is 17.1. The number of amides is 1. The standard InChI is InChI=1S/C15H26N6O3/c1-11-5-12(2)7-19(6-11)15(3,4)9-16-13(22)8-20-10-17-14(18-20)21(23)24/h10-12H,5-9H2,1-4H3,(H,16,22). The molecule has 0 radical (unpaired) electrons. The Balaban J connectivity index is 1.86. The van der Waals surface area contributed by atoms with Crippen molar-refractivity contribution in [1.29, 1.82) is 0 Å². The average molecular weight is 338 g/mol. The van der Waals surface area contributed by atoms with Gasteiger partial charge in [0.15, 0.2) is 0 Å². The maximum atomic E-state index is 12.1. The van der Waals surface area contributed by atoms with E-state index >= 15 is 0 Å². The van der Waals surface area contributed by atoms with E-state index in [1.807, 2.05) is 0 Å². The molecule has 0 saturated carbocycles. The molecule has 2 heterocycles. The van der Waals surface area contributed by atoms with Crippen molar-refractivity contribution in [2.24, 2.45) is 11.8 Å². The van der Waals surface area contributed by atoms with E-state index in [-0.39, 0.29) is 18.0 Å². The molecule has 1 N–H and O–H groups in total. The molecule has 0 bridgehead atoms. The molecule has 2 rings (SSSR count). The molecule has 1 aliphatic rings. The third-order valence-corrected chi connectivity index (χ3v) is 4.44. The lowest BCUT2D eigenvalue weighted by molar-refractivity contribution is -0.394. The Labute approximate surface area is 141 Å². The van der Waals surface area contributed by atoms with Crippen LogP contribution in [0.2, 0.25) is 0 Å². The maximum Gasteiger partial charge on any atom is 0.490 e. The second-order valence-electron chi connectivity index (χ2n) is 7.44. The Morgan fingerprint density at radius 3 is 2.58 bits per heavy atom. The van der Waals surface area contributed by atoms with E-state index in [0.29, 0.717) is 18.4 Å². The molecule has 9 heteroatoms. The third kappa shape index (κ3) is 4.73. The van der Waals surface area contributed by atoms with Crippen LogP contribution in [-0.2, 0) is 11.3 Å². The second-order valence-corrected chi connectivity index (χ2v) is 7.44.